The fourth-order valence-corrected chi connectivity index (χ4v) is 3.33. The number of hydrogen-bond acceptors (Lipinski definition) is 8. The summed E-state index contributed by atoms with van der Waals surface area (Å²) in [5.74, 6) is 1.15. The largest absolute Gasteiger partial charge is 0.446 e. The standard InChI is InChI=1S/C13H11BrN6O2S2/c1-2-5-20-11(8-3-4-9(14)22-8)17-19-13(20)23-6-10(21)16-12-18-15-7-24-12/h2-4,7H,1,5-6H2,(H,16,18,21). The lowest BCUT2D eigenvalue weighted by atomic mass is 10.4. The van der Waals surface area contributed by atoms with Gasteiger partial charge in [-0.2, -0.15) is 0 Å². The summed E-state index contributed by atoms with van der Waals surface area (Å²) < 4.78 is 7.96. The number of carbonyl (C=O) groups excluding carboxylic acids is 1. The minimum absolute atomic E-state index is 0.177. The summed E-state index contributed by atoms with van der Waals surface area (Å²) in [7, 11) is 0. The van der Waals surface area contributed by atoms with Gasteiger partial charge in [-0.05, 0) is 28.1 Å². The third-order valence-electron chi connectivity index (χ3n) is 2.76. The van der Waals surface area contributed by atoms with Crippen LogP contribution in [0.1, 0.15) is 0 Å². The fraction of sp³-hybridized carbons (Fsp3) is 0.154. The summed E-state index contributed by atoms with van der Waals surface area (Å²) in [6.07, 6.45) is 1.73. The fourth-order valence-electron chi connectivity index (χ4n) is 1.82. The summed E-state index contributed by atoms with van der Waals surface area (Å²) in [6, 6.07) is 3.58. The Bertz CT molecular complexity index is 845. The Morgan fingerprint density at radius 1 is 1.46 bits per heavy atom. The molecule has 3 aromatic rings. The Hall–Kier alpha value is -1.98. The molecule has 0 aliphatic heterocycles. The number of nitrogens with zero attached hydrogens (tertiary/aromatic N) is 5. The first kappa shape index (κ1) is 16.9. The smallest absolute Gasteiger partial charge is 0.236 e. The third-order valence-corrected chi connectivity index (χ3v) is 4.76. The number of aromatic nitrogens is 5. The Morgan fingerprint density at radius 3 is 3.00 bits per heavy atom. The van der Waals surface area contributed by atoms with Crippen LogP contribution >= 0.6 is 39.0 Å². The molecule has 3 heterocycles. The van der Waals surface area contributed by atoms with Gasteiger partial charge in [-0.1, -0.05) is 29.2 Å². The summed E-state index contributed by atoms with van der Waals surface area (Å²) in [4.78, 5) is 11.9. The lowest BCUT2D eigenvalue weighted by molar-refractivity contribution is -0.113. The van der Waals surface area contributed by atoms with Crippen molar-refractivity contribution in [2.45, 2.75) is 11.7 Å². The van der Waals surface area contributed by atoms with E-state index in [0.717, 1.165) is 0 Å². The lowest BCUT2D eigenvalue weighted by Crippen LogP contribution is -2.14. The van der Waals surface area contributed by atoms with Crippen molar-refractivity contribution in [1.82, 2.24) is 25.0 Å². The van der Waals surface area contributed by atoms with Crippen molar-refractivity contribution in [2.75, 3.05) is 11.1 Å². The Labute approximate surface area is 153 Å². The average Bonchev–Trinajstić information content (AvgIpc) is 3.28. The number of furan rings is 1. The molecule has 0 radical (unpaired) electrons. The van der Waals surface area contributed by atoms with Crippen LogP contribution in [-0.4, -0.2) is 36.6 Å². The zero-order chi connectivity index (χ0) is 16.9. The van der Waals surface area contributed by atoms with Gasteiger partial charge >= 0.3 is 0 Å². The van der Waals surface area contributed by atoms with E-state index in [-0.39, 0.29) is 11.7 Å². The van der Waals surface area contributed by atoms with E-state index in [2.05, 4.69) is 48.2 Å². The molecule has 24 heavy (non-hydrogen) atoms. The van der Waals surface area contributed by atoms with Crippen LogP contribution in [-0.2, 0) is 11.3 Å². The second-order valence-electron chi connectivity index (χ2n) is 4.39. The molecule has 1 N–H and O–H groups in total. The van der Waals surface area contributed by atoms with Gasteiger partial charge in [0.15, 0.2) is 15.6 Å². The molecule has 1 amide bonds. The van der Waals surface area contributed by atoms with Crippen LogP contribution in [0.2, 0.25) is 0 Å². The van der Waals surface area contributed by atoms with Crippen molar-refractivity contribution in [2.24, 2.45) is 0 Å². The van der Waals surface area contributed by atoms with Crippen LogP contribution in [0.15, 0.2) is 44.5 Å². The molecular formula is C13H11BrN6O2S2. The van der Waals surface area contributed by atoms with Crippen LogP contribution in [0.3, 0.4) is 0 Å². The van der Waals surface area contributed by atoms with Crippen LogP contribution < -0.4 is 5.32 Å². The van der Waals surface area contributed by atoms with E-state index < -0.39 is 0 Å². The molecule has 124 valence electrons. The summed E-state index contributed by atoms with van der Waals surface area (Å²) >= 11 is 5.80. The number of thioether (sulfide) groups is 1. The van der Waals surface area contributed by atoms with E-state index in [1.54, 1.807) is 23.7 Å². The van der Waals surface area contributed by atoms with Crippen LogP contribution in [0.4, 0.5) is 5.13 Å². The monoisotopic (exact) mass is 426 g/mol. The van der Waals surface area contributed by atoms with Crippen LogP contribution in [0.5, 0.6) is 0 Å². The molecule has 0 spiro atoms. The zero-order valence-electron chi connectivity index (χ0n) is 12.2. The van der Waals surface area contributed by atoms with E-state index in [9.17, 15) is 4.79 Å². The second kappa shape index (κ2) is 7.73. The predicted molar refractivity (Wildman–Crippen MR) is 94.9 cm³/mol. The van der Waals surface area contributed by atoms with Crippen molar-refractivity contribution in [3.05, 3.63) is 35.0 Å². The molecular weight excluding hydrogens is 416 g/mol. The predicted octanol–water partition coefficient (Wildman–Crippen LogP) is 3.07. The number of carbonyl (C=O) groups is 1. The van der Waals surface area contributed by atoms with Crippen molar-refractivity contribution in [1.29, 1.82) is 0 Å². The molecule has 8 nitrogen and oxygen atoms in total. The summed E-state index contributed by atoms with van der Waals surface area (Å²) in [6.45, 7) is 4.24. The highest BCUT2D eigenvalue weighted by atomic mass is 79.9. The molecule has 0 aromatic carbocycles. The first-order valence-electron chi connectivity index (χ1n) is 6.66. The van der Waals surface area contributed by atoms with E-state index in [0.29, 0.717) is 33.1 Å². The number of halogens is 1. The van der Waals surface area contributed by atoms with Gasteiger partial charge < -0.3 is 4.42 Å². The van der Waals surface area contributed by atoms with Crippen molar-refractivity contribution >= 4 is 50.1 Å². The first-order valence-corrected chi connectivity index (χ1v) is 9.32. The molecule has 0 fully saturated rings. The van der Waals surface area contributed by atoms with Gasteiger partial charge in [-0.25, -0.2) is 0 Å². The van der Waals surface area contributed by atoms with E-state index >= 15 is 0 Å². The molecule has 11 heteroatoms. The van der Waals surface area contributed by atoms with E-state index in [4.69, 9.17) is 4.42 Å². The van der Waals surface area contributed by atoms with E-state index in [1.165, 1.54) is 23.1 Å². The van der Waals surface area contributed by atoms with Gasteiger partial charge in [0.05, 0.1) is 5.75 Å². The van der Waals surface area contributed by atoms with Crippen molar-refractivity contribution in [3.8, 4) is 11.6 Å². The van der Waals surface area contributed by atoms with Gasteiger partial charge in [0.2, 0.25) is 16.9 Å². The van der Waals surface area contributed by atoms with Gasteiger partial charge in [0.1, 0.15) is 5.51 Å². The minimum Gasteiger partial charge on any atom is -0.446 e. The topological polar surface area (TPSA) is 98.7 Å². The maximum atomic E-state index is 11.9. The quantitative estimate of drug-likeness (QED) is 0.457. The highest BCUT2D eigenvalue weighted by Gasteiger charge is 2.17. The zero-order valence-corrected chi connectivity index (χ0v) is 15.4. The lowest BCUT2D eigenvalue weighted by Gasteiger charge is -2.06. The average molecular weight is 427 g/mol. The number of rotatable bonds is 7. The maximum Gasteiger partial charge on any atom is 0.236 e. The molecule has 3 aromatic heterocycles. The molecule has 0 unspecified atom stereocenters. The number of hydrogen-bond donors (Lipinski definition) is 1. The molecule has 0 atom stereocenters. The Morgan fingerprint density at radius 2 is 2.33 bits per heavy atom. The van der Waals surface area contributed by atoms with Crippen molar-refractivity contribution < 1.29 is 9.21 Å². The summed E-state index contributed by atoms with van der Waals surface area (Å²) in [5, 5.41) is 19.5. The van der Waals surface area contributed by atoms with Gasteiger partial charge in [-0.3, -0.25) is 14.7 Å². The minimum atomic E-state index is -0.188. The molecule has 0 aliphatic rings. The van der Waals surface area contributed by atoms with Crippen molar-refractivity contribution in [3.63, 3.8) is 0 Å². The highest BCUT2D eigenvalue weighted by Crippen LogP contribution is 2.27. The summed E-state index contributed by atoms with van der Waals surface area (Å²) in [5.41, 5.74) is 1.55. The Kier molecular flexibility index (Phi) is 5.43. The van der Waals surface area contributed by atoms with Crippen LogP contribution in [0, 0.1) is 0 Å². The molecule has 0 saturated heterocycles. The van der Waals surface area contributed by atoms with Gasteiger partial charge in [0, 0.05) is 6.54 Å². The van der Waals surface area contributed by atoms with Gasteiger partial charge in [0.25, 0.3) is 0 Å². The van der Waals surface area contributed by atoms with Crippen LogP contribution in [0.25, 0.3) is 11.6 Å². The SMILES string of the molecule is C=CCn1c(SCC(=O)Nc2nncs2)nnc1-c1ccc(Br)o1. The van der Waals surface area contributed by atoms with E-state index in [1.807, 2.05) is 4.57 Å². The molecule has 3 rings (SSSR count). The number of nitrogens with one attached hydrogen (secondary N) is 1. The van der Waals surface area contributed by atoms with Gasteiger partial charge in [-0.15, -0.1) is 27.0 Å². The highest BCUT2D eigenvalue weighted by molar-refractivity contribution is 9.10. The number of anilines is 1. The third kappa shape index (κ3) is 3.91. The molecule has 0 aliphatic carbocycles. The first-order chi connectivity index (χ1) is 11.7. The second-order valence-corrected chi connectivity index (χ2v) is 6.95. The maximum absolute atomic E-state index is 11.9. The normalized spacial score (nSPS) is 10.7. The molecule has 0 bridgehead atoms. The Balaban J connectivity index is 1.72. The molecule has 0 saturated carbocycles. The number of amides is 1. The number of allylic oxidation sites excluding steroid dienone is 1.